The van der Waals surface area contributed by atoms with E-state index in [1.807, 2.05) is 6.07 Å². The predicted molar refractivity (Wildman–Crippen MR) is 73.7 cm³/mol. The van der Waals surface area contributed by atoms with E-state index in [1.54, 1.807) is 0 Å². The van der Waals surface area contributed by atoms with Gasteiger partial charge < -0.3 is 0 Å². The molecule has 1 saturated heterocycles. The molecule has 1 aliphatic heterocycles. The second-order valence-electron chi connectivity index (χ2n) is 4.45. The molecule has 1 heterocycles. The van der Waals surface area contributed by atoms with E-state index in [2.05, 4.69) is 4.72 Å². The molecule has 0 aromatic heterocycles. The van der Waals surface area contributed by atoms with Crippen LogP contribution < -0.4 is 4.72 Å². The molecular formula is C11H10FN3O4S2. The second-order valence-corrected chi connectivity index (χ2v) is 7.20. The fourth-order valence-electron chi connectivity index (χ4n) is 1.96. The van der Waals surface area contributed by atoms with Gasteiger partial charge in [-0.2, -0.15) is 26.1 Å². The summed E-state index contributed by atoms with van der Waals surface area (Å²) in [7, 11) is -4.38. The second kappa shape index (κ2) is 5.59. The maximum Gasteiger partial charge on any atom is 0.324 e. The van der Waals surface area contributed by atoms with Crippen molar-refractivity contribution in [1.29, 1.82) is 5.26 Å². The number of thioether (sulfide) groups is 1. The molecule has 0 bridgehead atoms. The van der Waals surface area contributed by atoms with Crippen molar-refractivity contribution in [2.45, 2.75) is 16.9 Å². The third kappa shape index (κ3) is 2.99. The number of halogens is 1. The van der Waals surface area contributed by atoms with E-state index in [4.69, 9.17) is 5.26 Å². The standard InChI is InChI=1S/C11H10FN3O4S2/c12-8-2-1-3-9(10(8)15(16)17)21(18,19)14-11(6-13)4-5-20-7-11/h1-3,14H,4-5,7H2. The molecule has 0 amide bonds. The zero-order valence-corrected chi connectivity index (χ0v) is 12.2. The number of sulfonamides is 1. The highest BCUT2D eigenvalue weighted by atomic mass is 32.2. The van der Waals surface area contributed by atoms with Gasteiger partial charge in [0.1, 0.15) is 5.54 Å². The van der Waals surface area contributed by atoms with E-state index in [0.29, 0.717) is 5.75 Å². The molecule has 1 unspecified atom stereocenters. The van der Waals surface area contributed by atoms with Gasteiger partial charge in [-0.1, -0.05) is 6.07 Å². The number of nitro benzene ring substituents is 1. The van der Waals surface area contributed by atoms with Crippen LogP contribution in [0, 0.1) is 27.3 Å². The molecule has 0 saturated carbocycles. The summed E-state index contributed by atoms with van der Waals surface area (Å²) in [5.74, 6) is -0.401. The van der Waals surface area contributed by atoms with Gasteiger partial charge in [0, 0.05) is 5.75 Å². The van der Waals surface area contributed by atoms with Crippen LogP contribution in [0.3, 0.4) is 0 Å². The Morgan fingerprint density at radius 2 is 2.24 bits per heavy atom. The molecule has 0 spiro atoms. The van der Waals surface area contributed by atoms with Crippen molar-refractivity contribution in [1.82, 2.24) is 4.72 Å². The Morgan fingerprint density at radius 3 is 2.76 bits per heavy atom. The molecule has 1 aliphatic rings. The lowest BCUT2D eigenvalue weighted by atomic mass is 10.0. The maximum absolute atomic E-state index is 13.5. The molecule has 1 aromatic carbocycles. The van der Waals surface area contributed by atoms with Crippen molar-refractivity contribution < 1.29 is 17.7 Å². The summed E-state index contributed by atoms with van der Waals surface area (Å²) < 4.78 is 40.3. The van der Waals surface area contributed by atoms with Gasteiger partial charge in [-0.3, -0.25) is 10.1 Å². The number of hydrogen-bond donors (Lipinski definition) is 1. The summed E-state index contributed by atoms with van der Waals surface area (Å²) in [6.45, 7) is 0. The molecule has 0 radical (unpaired) electrons. The fraction of sp³-hybridized carbons (Fsp3) is 0.364. The first kappa shape index (κ1) is 15.7. The van der Waals surface area contributed by atoms with E-state index in [1.165, 1.54) is 11.8 Å². The van der Waals surface area contributed by atoms with Crippen LogP contribution in [0.4, 0.5) is 10.1 Å². The molecule has 1 N–H and O–H groups in total. The first-order valence-electron chi connectivity index (χ1n) is 5.77. The van der Waals surface area contributed by atoms with Crippen molar-refractivity contribution in [3.05, 3.63) is 34.1 Å². The summed E-state index contributed by atoms with van der Waals surface area (Å²) in [5.41, 5.74) is -2.44. The first-order valence-corrected chi connectivity index (χ1v) is 8.41. The monoisotopic (exact) mass is 331 g/mol. The summed E-state index contributed by atoms with van der Waals surface area (Å²) >= 11 is 1.40. The minimum atomic E-state index is -4.38. The average Bonchev–Trinajstić information content (AvgIpc) is 2.86. The van der Waals surface area contributed by atoms with E-state index in [-0.39, 0.29) is 12.2 Å². The predicted octanol–water partition coefficient (Wildman–Crippen LogP) is 1.41. The highest BCUT2D eigenvalue weighted by Gasteiger charge is 2.41. The van der Waals surface area contributed by atoms with Gasteiger partial charge in [-0.15, -0.1) is 0 Å². The van der Waals surface area contributed by atoms with Gasteiger partial charge in [0.15, 0.2) is 4.90 Å². The summed E-state index contributed by atoms with van der Waals surface area (Å²) in [6.07, 6.45) is 0.288. The molecule has 21 heavy (non-hydrogen) atoms. The normalized spacial score (nSPS) is 21.9. The van der Waals surface area contributed by atoms with Crippen LogP contribution in [0.25, 0.3) is 0 Å². The zero-order valence-electron chi connectivity index (χ0n) is 10.6. The van der Waals surface area contributed by atoms with Gasteiger partial charge in [-0.25, -0.2) is 8.42 Å². The van der Waals surface area contributed by atoms with Crippen molar-refractivity contribution in [2.75, 3.05) is 11.5 Å². The van der Waals surface area contributed by atoms with Gasteiger partial charge in [-0.05, 0) is 24.3 Å². The number of rotatable bonds is 4. The first-order chi connectivity index (χ1) is 9.81. The van der Waals surface area contributed by atoms with E-state index in [0.717, 1.165) is 18.2 Å². The molecule has 112 valence electrons. The minimum Gasteiger partial charge on any atom is -0.258 e. The third-order valence-corrected chi connectivity index (χ3v) is 5.74. The van der Waals surface area contributed by atoms with E-state index >= 15 is 0 Å². The van der Waals surface area contributed by atoms with Gasteiger partial charge in [0.2, 0.25) is 15.8 Å². The third-order valence-electron chi connectivity index (χ3n) is 2.99. The van der Waals surface area contributed by atoms with E-state index in [9.17, 15) is 22.9 Å². The number of benzene rings is 1. The topological polar surface area (TPSA) is 113 Å². The highest BCUT2D eigenvalue weighted by molar-refractivity contribution is 7.99. The van der Waals surface area contributed by atoms with Crippen molar-refractivity contribution in [3.63, 3.8) is 0 Å². The molecule has 10 heteroatoms. The summed E-state index contributed by atoms with van der Waals surface area (Å²) in [5, 5.41) is 20.0. The van der Waals surface area contributed by atoms with Gasteiger partial charge in [0.25, 0.3) is 0 Å². The number of para-hydroxylation sites is 1. The number of nitrogens with zero attached hydrogens (tertiary/aromatic N) is 2. The lowest BCUT2D eigenvalue weighted by Crippen LogP contribution is -2.47. The Labute approximate surface area is 124 Å². The average molecular weight is 331 g/mol. The lowest BCUT2D eigenvalue weighted by Gasteiger charge is -2.20. The van der Waals surface area contributed by atoms with Crippen LogP contribution in [0.2, 0.25) is 0 Å². The summed E-state index contributed by atoms with van der Waals surface area (Å²) in [4.78, 5) is 9.01. The molecular weight excluding hydrogens is 321 g/mol. The molecule has 1 fully saturated rings. The molecule has 2 rings (SSSR count). The summed E-state index contributed by atoms with van der Waals surface area (Å²) in [6, 6.07) is 4.71. The zero-order chi connectivity index (χ0) is 15.7. The number of nitriles is 1. The number of nitrogens with one attached hydrogen (secondary N) is 1. The van der Waals surface area contributed by atoms with Crippen LogP contribution in [-0.4, -0.2) is 30.4 Å². The van der Waals surface area contributed by atoms with E-state index < -0.39 is 36.9 Å². The lowest BCUT2D eigenvalue weighted by molar-refractivity contribution is -0.390. The number of nitro groups is 1. The molecule has 7 nitrogen and oxygen atoms in total. The van der Waals surface area contributed by atoms with Crippen molar-refractivity contribution >= 4 is 27.5 Å². The SMILES string of the molecule is N#CC1(NS(=O)(=O)c2cccc(F)c2[N+](=O)[O-])CCSC1. The van der Waals surface area contributed by atoms with Crippen LogP contribution in [-0.2, 0) is 10.0 Å². The fourth-order valence-corrected chi connectivity index (χ4v) is 4.84. The van der Waals surface area contributed by atoms with Crippen LogP contribution in [0.1, 0.15) is 6.42 Å². The van der Waals surface area contributed by atoms with Crippen molar-refractivity contribution in [2.24, 2.45) is 0 Å². The molecule has 1 aromatic rings. The Bertz CT molecular complexity index is 723. The minimum absolute atomic E-state index is 0.242. The Morgan fingerprint density at radius 1 is 1.52 bits per heavy atom. The smallest absolute Gasteiger partial charge is 0.258 e. The number of hydrogen-bond acceptors (Lipinski definition) is 6. The van der Waals surface area contributed by atoms with Crippen molar-refractivity contribution in [3.8, 4) is 6.07 Å². The van der Waals surface area contributed by atoms with Crippen LogP contribution >= 0.6 is 11.8 Å². The Hall–Kier alpha value is -1.70. The van der Waals surface area contributed by atoms with Crippen LogP contribution in [0.15, 0.2) is 23.1 Å². The highest BCUT2D eigenvalue weighted by Crippen LogP contribution is 2.32. The Kier molecular flexibility index (Phi) is 4.18. The van der Waals surface area contributed by atoms with Crippen LogP contribution in [0.5, 0.6) is 0 Å². The maximum atomic E-state index is 13.5. The van der Waals surface area contributed by atoms with Gasteiger partial charge in [0.05, 0.1) is 11.0 Å². The molecule has 1 atom stereocenters. The Balaban J connectivity index is 2.49. The molecule has 0 aliphatic carbocycles. The largest absolute Gasteiger partial charge is 0.324 e. The quantitative estimate of drug-likeness (QED) is 0.659. The van der Waals surface area contributed by atoms with Gasteiger partial charge >= 0.3 is 5.69 Å².